The molecule has 1 saturated heterocycles. The summed E-state index contributed by atoms with van der Waals surface area (Å²) in [7, 11) is 1.89. The first-order valence-corrected chi connectivity index (χ1v) is 11.7. The van der Waals surface area contributed by atoms with E-state index in [0.29, 0.717) is 48.1 Å². The van der Waals surface area contributed by atoms with Crippen LogP contribution in [0.5, 0.6) is 0 Å². The van der Waals surface area contributed by atoms with E-state index < -0.39 is 6.09 Å². The molecule has 2 amide bonds. The molecule has 4 aromatic rings. The third kappa shape index (κ3) is 3.87. The van der Waals surface area contributed by atoms with Gasteiger partial charge in [-0.2, -0.15) is 5.26 Å². The Bertz CT molecular complexity index is 1510. The molecule has 2 aromatic heterocycles. The molecule has 1 fully saturated rings. The number of hydrogen-bond donors (Lipinski definition) is 2. The summed E-state index contributed by atoms with van der Waals surface area (Å²) in [6.07, 6.45) is 0.301. The highest BCUT2D eigenvalue weighted by Crippen LogP contribution is 2.31. The number of aryl methyl sites for hydroxylation is 2. The number of rotatable bonds is 4. The van der Waals surface area contributed by atoms with Crippen LogP contribution in [0.3, 0.4) is 0 Å². The monoisotopic (exact) mass is 470 g/mol. The minimum Gasteiger partial charge on any atom is -0.465 e. The van der Waals surface area contributed by atoms with Crippen molar-refractivity contribution in [2.24, 2.45) is 7.05 Å². The summed E-state index contributed by atoms with van der Waals surface area (Å²) in [5.74, 6) is 0.498. The van der Waals surface area contributed by atoms with Crippen molar-refractivity contribution < 1.29 is 14.7 Å². The number of nitrogens with one attached hydrogen (secondary N) is 1. The molecule has 9 nitrogen and oxygen atoms in total. The van der Waals surface area contributed by atoms with Gasteiger partial charge in [0, 0.05) is 49.2 Å². The summed E-state index contributed by atoms with van der Waals surface area (Å²) in [6.45, 7) is 3.69. The Balaban J connectivity index is 1.57. The number of nitrogens with zero attached hydrogens (tertiary/aromatic N) is 5. The van der Waals surface area contributed by atoms with Crippen LogP contribution in [0.4, 0.5) is 4.79 Å². The van der Waals surface area contributed by atoms with E-state index >= 15 is 0 Å². The number of carbonyl (C=O) groups is 2. The van der Waals surface area contributed by atoms with Crippen molar-refractivity contribution in [2.75, 3.05) is 13.1 Å². The second-order valence-corrected chi connectivity index (χ2v) is 8.87. The van der Waals surface area contributed by atoms with Gasteiger partial charge in [-0.25, -0.2) is 9.78 Å². The van der Waals surface area contributed by atoms with Crippen LogP contribution >= 0.6 is 0 Å². The number of fused-ring (bicyclic) bond motifs is 2. The van der Waals surface area contributed by atoms with Crippen LogP contribution in [0.15, 0.2) is 42.5 Å². The van der Waals surface area contributed by atoms with Gasteiger partial charge in [-0.15, -0.1) is 0 Å². The molecule has 3 heterocycles. The fourth-order valence-corrected chi connectivity index (χ4v) is 5.16. The number of aromatic nitrogens is 3. The van der Waals surface area contributed by atoms with Crippen molar-refractivity contribution in [1.29, 1.82) is 5.26 Å². The predicted octanol–water partition coefficient (Wildman–Crippen LogP) is 3.96. The lowest BCUT2D eigenvalue weighted by molar-refractivity contribution is 0.0692. The van der Waals surface area contributed by atoms with E-state index in [9.17, 15) is 14.9 Å². The van der Waals surface area contributed by atoms with E-state index in [4.69, 9.17) is 10.1 Å². The van der Waals surface area contributed by atoms with Crippen LogP contribution in [0.1, 0.15) is 35.7 Å². The second-order valence-electron chi connectivity index (χ2n) is 8.87. The third-order valence-electron chi connectivity index (χ3n) is 6.73. The minimum atomic E-state index is -1.09. The Morgan fingerprint density at radius 2 is 2.06 bits per heavy atom. The first-order valence-electron chi connectivity index (χ1n) is 11.7. The molecule has 1 aliphatic rings. The predicted molar refractivity (Wildman–Crippen MR) is 132 cm³/mol. The summed E-state index contributed by atoms with van der Waals surface area (Å²) in [4.78, 5) is 30.9. The molecule has 5 rings (SSSR count). The SMILES string of the molecule is CCn1c(-c2nc3cc(C(=O)N4CCCC(NC(=O)O)C4)cc(C#N)c3n2C)cc2ccccc21. The Morgan fingerprint density at radius 1 is 1.26 bits per heavy atom. The van der Waals surface area contributed by atoms with Crippen molar-refractivity contribution in [1.82, 2.24) is 24.3 Å². The molecule has 1 aliphatic heterocycles. The number of amides is 2. The van der Waals surface area contributed by atoms with Crippen molar-refractivity contribution in [2.45, 2.75) is 32.4 Å². The van der Waals surface area contributed by atoms with Crippen molar-refractivity contribution >= 4 is 33.9 Å². The van der Waals surface area contributed by atoms with Gasteiger partial charge in [0.2, 0.25) is 0 Å². The van der Waals surface area contributed by atoms with E-state index in [1.807, 2.05) is 23.7 Å². The summed E-state index contributed by atoms with van der Waals surface area (Å²) in [5.41, 5.74) is 4.08. The highest BCUT2D eigenvalue weighted by atomic mass is 16.4. The lowest BCUT2D eigenvalue weighted by atomic mass is 10.0. The molecule has 2 N–H and O–H groups in total. The zero-order chi connectivity index (χ0) is 24.7. The van der Waals surface area contributed by atoms with Crippen LogP contribution < -0.4 is 5.32 Å². The molecular formula is C26H26N6O3. The van der Waals surface area contributed by atoms with Gasteiger partial charge in [-0.05, 0) is 44.0 Å². The summed E-state index contributed by atoms with van der Waals surface area (Å²) in [5, 5.41) is 22.5. The number of hydrogen-bond acceptors (Lipinski definition) is 4. The van der Waals surface area contributed by atoms with Crippen LogP contribution in [-0.4, -0.2) is 55.3 Å². The molecular weight excluding hydrogens is 444 g/mol. The zero-order valence-corrected chi connectivity index (χ0v) is 19.7. The highest BCUT2D eigenvalue weighted by molar-refractivity contribution is 6.00. The van der Waals surface area contributed by atoms with E-state index in [0.717, 1.165) is 29.0 Å². The lowest BCUT2D eigenvalue weighted by Gasteiger charge is -2.32. The van der Waals surface area contributed by atoms with Gasteiger partial charge in [-0.3, -0.25) is 4.79 Å². The molecule has 1 unspecified atom stereocenters. The number of likely N-dealkylation sites (tertiary alicyclic amines) is 1. The number of carbonyl (C=O) groups excluding carboxylic acids is 1. The summed E-state index contributed by atoms with van der Waals surface area (Å²) < 4.78 is 4.11. The van der Waals surface area contributed by atoms with E-state index in [-0.39, 0.29) is 11.9 Å². The number of imidazole rings is 1. The molecule has 9 heteroatoms. The van der Waals surface area contributed by atoms with E-state index in [2.05, 4.69) is 41.1 Å². The quantitative estimate of drug-likeness (QED) is 0.468. The number of nitriles is 1. The molecule has 0 saturated carbocycles. The molecule has 1 atom stereocenters. The average Bonchev–Trinajstić information content (AvgIpc) is 3.39. The maximum absolute atomic E-state index is 13.3. The Hall–Kier alpha value is -4.32. The third-order valence-corrected chi connectivity index (χ3v) is 6.73. The summed E-state index contributed by atoms with van der Waals surface area (Å²) >= 11 is 0. The molecule has 35 heavy (non-hydrogen) atoms. The number of para-hydroxylation sites is 1. The summed E-state index contributed by atoms with van der Waals surface area (Å²) in [6, 6.07) is 15.5. The Morgan fingerprint density at radius 3 is 2.80 bits per heavy atom. The maximum Gasteiger partial charge on any atom is 0.404 e. The van der Waals surface area contributed by atoms with Gasteiger partial charge in [0.15, 0.2) is 5.82 Å². The topological polar surface area (TPSA) is 116 Å². The fraction of sp³-hybridized carbons (Fsp3) is 0.308. The maximum atomic E-state index is 13.3. The fourth-order valence-electron chi connectivity index (χ4n) is 5.16. The Labute approximate surface area is 202 Å². The zero-order valence-electron chi connectivity index (χ0n) is 19.7. The first-order chi connectivity index (χ1) is 16.9. The van der Waals surface area contributed by atoms with Crippen molar-refractivity contribution in [3.8, 4) is 17.6 Å². The molecule has 0 spiro atoms. The minimum absolute atomic E-state index is 0.227. The van der Waals surface area contributed by atoms with Gasteiger partial charge < -0.3 is 24.5 Å². The van der Waals surface area contributed by atoms with Gasteiger partial charge in [0.1, 0.15) is 6.07 Å². The molecule has 178 valence electrons. The molecule has 2 aromatic carbocycles. The normalized spacial score (nSPS) is 15.9. The van der Waals surface area contributed by atoms with Gasteiger partial charge >= 0.3 is 6.09 Å². The van der Waals surface area contributed by atoms with E-state index in [1.54, 1.807) is 17.0 Å². The largest absolute Gasteiger partial charge is 0.465 e. The van der Waals surface area contributed by atoms with Crippen molar-refractivity contribution in [3.63, 3.8) is 0 Å². The van der Waals surface area contributed by atoms with Crippen LogP contribution in [0.2, 0.25) is 0 Å². The highest BCUT2D eigenvalue weighted by Gasteiger charge is 2.27. The molecule has 0 bridgehead atoms. The average molecular weight is 471 g/mol. The van der Waals surface area contributed by atoms with Gasteiger partial charge in [0.25, 0.3) is 5.91 Å². The van der Waals surface area contributed by atoms with Gasteiger partial charge in [0.05, 0.1) is 22.3 Å². The Kier molecular flexibility index (Phi) is 5.65. The van der Waals surface area contributed by atoms with Crippen LogP contribution in [0, 0.1) is 11.3 Å². The smallest absolute Gasteiger partial charge is 0.404 e. The second kappa shape index (κ2) is 8.80. The van der Waals surface area contributed by atoms with Crippen LogP contribution in [-0.2, 0) is 13.6 Å². The number of piperidine rings is 1. The molecule has 0 aliphatic carbocycles. The lowest BCUT2D eigenvalue weighted by Crippen LogP contribution is -2.49. The van der Waals surface area contributed by atoms with Crippen molar-refractivity contribution in [3.05, 3.63) is 53.6 Å². The van der Waals surface area contributed by atoms with Crippen LogP contribution in [0.25, 0.3) is 33.5 Å². The van der Waals surface area contributed by atoms with E-state index in [1.165, 1.54) is 0 Å². The first kappa shape index (κ1) is 22.5. The van der Waals surface area contributed by atoms with Gasteiger partial charge in [-0.1, -0.05) is 18.2 Å². The number of carboxylic acid groups (broad SMARTS) is 1. The number of benzene rings is 2. The standard InChI is InChI=1S/C26H26N6O3/c1-3-32-21-9-5-4-7-16(21)13-22(32)24-29-20-12-17(11-18(14-27)23(20)30(24)2)25(33)31-10-6-8-19(15-31)28-26(34)35/h4-5,7,9,11-13,19,28H,3,6,8,10,15H2,1-2H3,(H,34,35). The molecule has 0 radical (unpaired) electrons.